The Kier molecular flexibility index (Phi) is 5.87. The predicted octanol–water partition coefficient (Wildman–Crippen LogP) is 6.67. The van der Waals surface area contributed by atoms with Gasteiger partial charge in [0.15, 0.2) is 0 Å². The van der Waals surface area contributed by atoms with Crippen molar-refractivity contribution in [3.63, 3.8) is 0 Å². The number of halogens is 6. The monoisotopic (exact) mass is 548 g/mol. The number of thiol groups is 1. The van der Waals surface area contributed by atoms with Crippen LogP contribution in [-0.4, -0.2) is 0 Å². The summed E-state index contributed by atoms with van der Waals surface area (Å²) in [5.41, 5.74) is 0.886. The molecule has 0 bridgehead atoms. The fourth-order valence-corrected chi connectivity index (χ4v) is 5.46. The van der Waals surface area contributed by atoms with Crippen molar-refractivity contribution in [2.45, 2.75) is 4.71 Å². The van der Waals surface area contributed by atoms with Crippen LogP contribution in [-0.2, 0) is 0 Å². The number of rotatable bonds is 1. The Hall–Kier alpha value is 2.26. The highest BCUT2D eigenvalue weighted by Crippen LogP contribution is 2.48. The van der Waals surface area contributed by atoms with Crippen molar-refractivity contribution < 1.29 is 0 Å². The molecule has 0 N–H and O–H groups in total. The van der Waals surface area contributed by atoms with Gasteiger partial charge in [0.05, 0.1) is 0 Å². The zero-order valence-corrected chi connectivity index (χ0v) is 15.9. The Balaban J connectivity index is 3.60. The predicted molar refractivity (Wildman–Crippen MR) is 82.5 cm³/mol. The molecular formula is C7H2Br5ClS. The Labute approximate surface area is 135 Å². The third-order valence-corrected chi connectivity index (χ3v) is 8.11. The molecular weight excluding hydrogens is 551 g/mol. The fraction of sp³-hybridized carbons (Fsp3) is 0.143. The zero-order valence-electron chi connectivity index (χ0n) is 6.29. The molecule has 7 heteroatoms. The van der Waals surface area contributed by atoms with E-state index in [0.29, 0.717) is 0 Å². The second kappa shape index (κ2) is 5.74. The molecule has 78 valence electrons. The van der Waals surface area contributed by atoms with Crippen molar-refractivity contribution in [3.05, 3.63) is 27.9 Å². The van der Waals surface area contributed by atoms with Crippen molar-refractivity contribution in [3.8, 4) is 0 Å². The molecule has 14 heavy (non-hydrogen) atoms. The first-order valence-electron chi connectivity index (χ1n) is 3.21. The smallest absolute Gasteiger partial charge is 0.103 e. The Morgan fingerprint density at radius 2 is 1.07 bits per heavy atom. The van der Waals surface area contributed by atoms with Crippen molar-refractivity contribution in [2.24, 2.45) is 0 Å². The van der Waals surface area contributed by atoms with Gasteiger partial charge < -0.3 is 0 Å². The van der Waals surface area contributed by atoms with Crippen LogP contribution in [0.3, 0.4) is 0 Å². The summed E-state index contributed by atoms with van der Waals surface area (Å²) in [5.74, 6) is 0. The van der Waals surface area contributed by atoms with E-state index in [4.69, 9.17) is 11.6 Å². The average Bonchev–Trinajstić information content (AvgIpc) is 2.11. The molecule has 1 aromatic rings. The summed E-state index contributed by atoms with van der Waals surface area (Å²) in [6.07, 6.45) is 0. The van der Waals surface area contributed by atoms with Gasteiger partial charge in [0.25, 0.3) is 0 Å². The normalized spacial score (nSPS) is 13.1. The van der Waals surface area contributed by atoms with Crippen LogP contribution in [0.15, 0.2) is 22.4 Å². The average molecular weight is 553 g/mol. The lowest BCUT2D eigenvalue weighted by molar-refractivity contribution is 1.27. The lowest BCUT2D eigenvalue weighted by atomic mass is 10.2. The highest BCUT2D eigenvalue weighted by Gasteiger charge is 2.20. The molecule has 0 fully saturated rings. The van der Waals surface area contributed by atoms with Gasteiger partial charge in [-0.3, -0.25) is 0 Å². The fourth-order valence-electron chi connectivity index (χ4n) is 0.831. The second-order valence-electron chi connectivity index (χ2n) is 2.32. The van der Waals surface area contributed by atoms with E-state index < -0.39 is 0 Å². The summed E-state index contributed by atoms with van der Waals surface area (Å²) in [5, 5.41) is 0. The van der Waals surface area contributed by atoms with Crippen LogP contribution in [0.2, 0.25) is 0 Å². The van der Waals surface area contributed by atoms with Crippen LogP contribution in [0.5, 0.6) is 0 Å². The molecule has 1 unspecified atom stereocenters. The number of benzene rings is 1. The first-order chi connectivity index (χ1) is 6.37. The molecule has 0 spiro atoms. The maximum absolute atomic E-state index is 5.96. The van der Waals surface area contributed by atoms with E-state index in [-0.39, 0.29) is 4.71 Å². The SMILES string of the molecule is SC(Cl)c1c(Br)c(Br)c(Br)c(Br)c1Br. The molecule has 0 saturated heterocycles. The molecule has 0 aliphatic carbocycles. The Morgan fingerprint density at radius 3 is 1.36 bits per heavy atom. The van der Waals surface area contributed by atoms with Gasteiger partial charge in [-0.1, -0.05) is 0 Å². The van der Waals surface area contributed by atoms with Gasteiger partial charge >= 0.3 is 0 Å². The van der Waals surface area contributed by atoms with Gasteiger partial charge in [-0.05, 0) is 79.6 Å². The third-order valence-electron chi connectivity index (χ3n) is 1.48. The van der Waals surface area contributed by atoms with Gasteiger partial charge in [0.2, 0.25) is 0 Å². The van der Waals surface area contributed by atoms with E-state index in [0.717, 1.165) is 27.9 Å². The van der Waals surface area contributed by atoms with E-state index in [1.807, 2.05) is 0 Å². The topological polar surface area (TPSA) is 0 Å². The summed E-state index contributed by atoms with van der Waals surface area (Å²) in [6.45, 7) is 0. The summed E-state index contributed by atoms with van der Waals surface area (Å²) >= 11 is 27.4. The largest absolute Gasteiger partial charge is 0.155 e. The van der Waals surface area contributed by atoms with Crippen molar-refractivity contribution in [2.75, 3.05) is 0 Å². The van der Waals surface area contributed by atoms with Crippen LogP contribution in [0, 0.1) is 0 Å². The van der Waals surface area contributed by atoms with Crippen molar-refractivity contribution in [1.82, 2.24) is 0 Å². The molecule has 0 aliphatic rings. The minimum absolute atomic E-state index is 0.376. The maximum atomic E-state index is 5.96. The first kappa shape index (κ1) is 14.3. The van der Waals surface area contributed by atoms with E-state index in [2.05, 4.69) is 92.3 Å². The summed E-state index contributed by atoms with van der Waals surface area (Å²) in [7, 11) is 0. The lowest BCUT2D eigenvalue weighted by Gasteiger charge is -2.14. The van der Waals surface area contributed by atoms with E-state index in [1.165, 1.54) is 0 Å². The quantitative estimate of drug-likeness (QED) is 0.171. The molecule has 1 rings (SSSR count). The molecule has 0 heterocycles. The van der Waals surface area contributed by atoms with E-state index in [1.54, 1.807) is 0 Å². The number of alkyl halides is 1. The molecule has 0 nitrogen and oxygen atoms in total. The minimum Gasteiger partial charge on any atom is -0.155 e. The van der Waals surface area contributed by atoms with E-state index >= 15 is 0 Å². The third kappa shape index (κ3) is 2.74. The molecule has 0 saturated carbocycles. The van der Waals surface area contributed by atoms with Crippen molar-refractivity contribution >= 4 is 104 Å². The molecule has 0 aliphatic heterocycles. The van der Waals surface area contributed by atoms with Gasteiger partial charge in [0.1, 0.15) is 4.71 Å². The molecule has 1 atom stereocenters. The second-order valence-corrected chi connectivity index (χ2v) is 7.54. The first-order valence-corrected chi connectivity index (χ1v) is 8.13. The van der Waals surface area contributed by atoms with Gasteiger partial charge in [0, 0.05) is 27.9 Å². The van der Waals surface area contributed by atoms with Gasteiger partial charge in [-0.15, -0.1) is 11.6 Å². The Bertz CT molecular complexity index is 350. The van der Waals surface area contributed by atoms with Crippen LogP contribution in [0.4, 0.5) is 0 Å². The van der Waals surface area contributed by atoms with Crippen LogP contribution in [0.1, 0.15) is 10.3 Å². The summed E-state index contributed by atoms with van der Waals surface area (Å²) < 4.78 is 4.12. The van der Waals surface area contributed by atoms with Crippen LogP contribution >= 0.6 is 104 Å². The standard InChI is InChI=1S/C7H2Br5ClS/c8-2-1(7(13)14)3(9)5(11)6(12)4(2)10/h7,14H. The molecule has 0 radical (unpaired) electrons. The molecule has 1 aromatic carbocycles. The van der Waals surface area contributed by atoms with Crippen molar-refractivity contribution in [1.29, 1.82) is 0 Å². The summed E-state index contributed by atoms with van der Waals surface area (Å²) in [4.78, 5) is 0. The summed E-state index contributed by atoms with van der Waals surface area (Å²) in [6, 6.07) is 0. The van der Waals surface area contributed by atoms with Gasteiger partial charge in [-0.2, -0.15) is 12.6 Å². The van der Waals surface area contributed by atoms with Crippen LogP contribution in [0.25, 0.3) is 0 Å². The molecule has 0 amide bonds. The number of hydrogen-bond acceptors (Lipinski definition) is 1. The Morgan fingerprint density at radius 1 is 0.786 bits per heavy atom. The maximum Gasteiger partial charge on any atom is 0.103 e. The highest BCUT2D eigenvalue weighted by atomic mass is 79.9. The van der Waals surface area contributed by atoms with Gasteiger partial charge in [-0.25, -0.2) is 0 Å². The van der Waals surface area contributed by atoms with Crippen LogP contribution < -0.4 is 0 Å². The number of hydrogen-bond donors (Lipinski definition) is 1. The zero-order chi connectivity index (χ0) is 11.0. The minimum atomic E-state index is -0.376. The van der Waals surface area contributed by atoms with E-state index in [9.17, 15) is 0 Å². The highest BCUT2D eigenvalue weighted by molar-refractivity contribution is 9.15. The lowest BCUT2D eigenvalue weighted by Crippen LogP contribution is -1.91. The molecule has 0 aromatic heterocycles.